The number of pyridine rings is 1. The van der Waals surface area contributed by atoms with Crippen molar-refractivity contribution >= 4 is 5.65 Å². The van der Waals surface area contributed by atoms with Crippen LogP contribution in [0.1, 0.15) is 25.5 Å². The van der Waals surface area contributed by atoms with Crippen molar-refractivity contribution in [1.82, 2.24) is 9.38 Å². The van der Waals surface area contributed by atoms with Crippen molar-refractivity contribution in [2.24, 2.45) is 5.73 Å². The molecule has 0 spiro atoms. The SMILES string of the molecule is CCOc1ccc(-c2nc3ccccn3c2C(C)CN)cc1. The van der Waals surface area contributed by atoms with Gasteiger partial charge in [0, 0.05) is 24.2 Å². The van der Waals surface area contributed by atoms with Crippen LogP contribution in [0, 0.1) is 0 Å². The van der Waals surface area contributed by atoms with Gasteiger partial charge in [0.1, 0.15) is 11.4 Å². The van der Waals surface area contributed by atoms with Crippen molar-refractivity contribution in [2.75, 3.05) is 13.2 Å². The van der Waals surface area contributed by atoms with Crippen LogP contribution in [-0.2, 0) is 0 Å². The van der Waals surface area contributed by atoms with Crippen LogP contribution in [0.4, 0.5) is 0 Å². The molecule has 0 radical (unpaired) electrons. The Bertz CT molecular complexity index is 762. The van der Waals surface area contributed by atoms with Crippen LogP contribution in [0.5, 0.6) is 5.75 Å². The zero-order valence-corrected chi connectivity index (χ0v) is 13.0. The Hall–Kier alpha value is -2.33. The molecule has 3 aromatic rings. The molecule has 1 unspecified atom stereocenters. The maximum atomic E-state index is 5.90. The maximum Gasteiger partial charge on any atom is 0.137 e. The second kappa shape index (κ2) is 6.20. The summed E-state index contributed by atoms with van der Waals surface area (Å²) in [5, 5.41) is 0. The lowest BCUT2D eigenvalue weighted by atomic mass is 10.0. The minimum atomic E-state index is 0.235. The number of nitrogens with two attached hydrogens (primary N) is 1. The van der Waals surface area contributed by atoms with Crippen LogP contribution in [0.2, 0.25) is 0 Å². The van der Waals surface area contributed by atoms with E-state index in [1.54, 1.807) is 0 Å². The second-order valence-corrected chi connectivity index (χ2v) is 5.37. The molecule has 4 heteroatoms. The summed E-state index contributed by atoms with van der Waals surface area (Å²) in [7, 11) is 0. The molecule has 1 atom stereocenters. The molecule has 0 aliphatic carbocycles. The average molecular weight is 295 g/mol. The molecule has 2 N–H and O–H groups in total. The van der Waals surface area contributed by atoms with Gasteiger partial charge in [-0.3, -0.25) is 0 Å². The van der Waals surface area contributed by atoms with Gasteiger partial charge in [-0.1, -0.05) is 13.0 Å². The van der Waals surface area contributed by atoms with E-state index in [4.69, 9.17) is 15.5 Å². The molecule has 0 fully saturated rings. The summed E-state index contributed by atoms with van der Waals surface area (Å²) < 4.78 is 7.64. The lowest BCUT2D eigenvalue weighted by Gasteiger charge is -2.11. The first-order valence-corrected chi connectivity index (χ1v) is 7.65. The van der Waals surface area contributed by atoms with E-state index in [2.05, 4.69) is 23.5 Å². The van der Waals surface area contributed by atoms with Crippen LogP contribution in [0.3, 0.4) is 0 Å². The largest absolute Gasteiger partial charge is 0.494 e. The molecule has 4 nitrogen and oxygen atoms in total. The number of hydrogen-bond acceptors (Lipinski definition) is 3. The molecule has 0 aliphatic heterocycles. The number of fused-ring (bicyclic) bond motifs is 1. The van der Waals surface area contributed by atoms with Gasteiger partial charge in [-0.2, -0.15) is 0 Å². The van der Waals surface area contributed by atoms with Gasteiger partial charge in [-0.15, -0.1) is 0 Å². The molecule has 3 rings (SSSR count). The van der Waals surface area contributed by atoms with Crippen LogP contribution in [0.25, 0.3) is 16.9 Å². The number of hydrogen-bond donors (Lipinski definition) is 1. The summed E-state index contributed by atoms with van der Waals surface area (Å²) in [6.07, 6.45) is 2.04. The van der Waals surface area contributed by atoms with Gasteiger partial charge in [-0.05, 0) is 43.3 Å². The predicted octanol–water partition coefficient (Wildman–Crippen LogP) is 3.46. The number of imidazole rings is 1. The Morgan fingerprint density at radius 2 is 1.95 bits per heavy atom. The number of aromatic nitrogens is 2. The molecule has 0 saturated carbocycles. The summed E-state index contributed by atoms with van der Waals surface area (Å²) in [5.41, 5.74) is 10.1. The van der Waals surface area contributed by atoms with Gasteiger partial charge in [-0.25, -0.2) is 4.98 Å². The number of nitrogens with zero attached hydrogens (tertiary/aromatic N) is 2. The van der Waals surface area contributed by atoms with E-state index < -0.39 is 0 Å². The van der Waals surface area contributed by atoms with Crippen molar-refractivity contribution in [2.45, 2.75) is 19.8 Å². The summed E-state index contributed by atoms with van der Waals surface area (Å²) in [6.45, 7) is 5.38. The second-order valence-electron chi connectivity index (χ2n) is 5.37. The van der Waals surface area contributed by atoms with E-state index in [1.807, 2.05) is 43.5 Å². The summed E-state index contributed by atoms with van der Waals surface area (Å²) in [5.74, 6) is 1.11. The molecule has 0 saturated heterocycles. The van der Waals surface area contributed by atoms with Gasteiger partial charge in [0.25, 0.3) is 0 Å². The zero-order valence-electron chi connectivity index (χ0n) is 13.0. The highest BCUT2D eigenvalue weighted by Gasteiger charge is 2.18. The third kappa shape index (κ3) is 2.57. The molecule has 22 heavy (non-hydrogen) atoms. The van der Waals surface area contributed by atoms with Crippen molar-refractivity contribution in [1.29, 1.82) is 0 Å². The Balaban J connectivity index is 2.12. The number of benzene rings is 1. The van der Waals surface area contributed by atoms with Crippen molar-refractivity contribution < 1.29 is 4.74 Å². The Morgan fingerprint density at radius 1 is 1.18 bits per heavy atom. The van der Waals surface area contributed by atoms with Crippen LogP contribution in [-0.4, -0.2) is 22.5 Å². The van der Waals surface area contributed by atoms with E-state index in [-0.39, 0.29) is 5.92 Å². The van der Waals surface area contributed by atoms with E-state index in [9.17, 15) is 0 Å². The molecule has 1 aromatic carbocycles. The standard InChI is InChI=1S/C18H21N3O/c1-3-22-15-9-7-14(8-10-15)17-18(13(2)12-19)21-11-5-4-6-16(21)20-17/h4-11,13H,3,12,19H2,1-2H3. The first-order chi connectivity index (χ1) is 10.7. The molecule has 2 heterocycles. The van der Waals surface area contributed by atoms with Gasteiger partial charge in [0.05, 0.1) is 18.0 Å². The Labute approximate surface area is 130 Å². The van der Waals surface area contributed by atoms with E-state index in [0.29, 0.717) is 13.2 Å². The Morgan fingerprint density at radius 3 is 2.64 bits per heavy atom. The predicted molar refractivity (Wildman–Crippen MR) is 89.3 cm³/mol. The fourth-order valence-corrected chi connectivity index (χ4v) is 2.69. The van der Waals surface area contributed by atoms with Crippen molar-refractivity contribution in [3.8, 4) is 17.0 Å². The fraction of sp³-hybridized carbons (Fsp3) is 0.278. The summed E-state index contributed by atoms with van der Waals surface area (Å²) >= 11 is 0. The van der Waals surface area contributed by atoms with Crippen LogP contribution < -0.4 is 10.5 Å². The highest BCUT2D eigenvalue weighted by molar-refractivity contribution is 5.68. The quantitative estimate of drug-likeness (QED) is 0.784. The first kappa shape index (κ1) is 14.6. The van der Waals surface area contributed by atoms with Crippen LogP contribution in [0.15, 0.2) is 48.7 Å². The highest BCUT2D eigenvalue weighted by atomic mass is 16.5. The smallest absolute Gasteiger partial charge is 0.137 e. The monoisotopic (exact) mass is 295 g/mol. The first-order valence-electron chi connectivity index (χ1n) is 7.65. The topological polar surface area (TPSA) is 52.5 Å². The van der Waals surface area contributed by atoms with Gasteiger partial charge in [0.2, 0.25) is 0 Å². The third-order valence-corrected chi connectivity index (χ3v) is 3.83. The highest BCUT2D eigenvalue weighted by Crippen LogP contribution is 2.30. The van der Waals surface area contributed by atoms with Gasteiger partial charge < -0.3 is 14.9 Å². The van der Waals surface area contributed by atoms with E-state index in [1.165, 1.54) is 0 Å². The van der Waals surface area contributed by atoms with E-state index in [0.717, 1.165) is 28.3 Å². The summed E-state index contributed by atoms with van der Waals surface area (Å²) in [4.78, 5) is 4.79. The minimum absolute atomic E-state index is 0.235. The lowest BCUT2D eigenvalue weighted by Crippen LogP contribution is -2.12. The molecule has 0 aliphatic rings. The van der Waals surface area contributed by atoms with Crippen LogP contribution >= 0.6 is 0 Å². The molecule has 2 aromatic heterocycles. The van der Waals surface area contributed by atoms with Gasteiger partial charge >= 0.3 is 0 Å². The summed E-state index contributed by atoms with van der Waals surface area (Å²) in [6, 6.07) is 14.1. The average Bonchev–Trinajstić information content (AvgIpc) is 2.94. The van der Waals surface area contributed by atoms with E-state index >= 15 is 0 Å². The molecular formula is C18H21N3O. The lowest BCUT2D eigenvalue weighted by molar-refractivity contribution is 0.340. The fourth-order valence-electron chi connectivity index (χ4n) is 2.69. The third-order valence-electron chi connectivity index (χ3n) is 3.83. The maximum absolute atomic E-state index is 5.90. The number of ether oxygens (including phenoxy) is 1. The number of rotatable bonds is 5. The van der Waals surface area contributed by atoms with Crippen molar-refractivity contribution in [3.05, 3.63) is 54.4 Å². The molecule has 0 bridgehead atoms. The zero-order chi connectivity index (χ0) is 15.5. The normalized spacial score (nSPS) is 12.5. The van der Waals surface area contributed by atoms with Gasteiger partial charge in [0.15, 0.2) is 0 Å². The Kier molecular flexibility index (Phi) is 4.11. The van der Waals surface area contributed by atoms with Crippen molar-refractivity contribution in [3.63, 3.8) is 0 Å². The molecule has 114 valence electrons. The molecule has 0 amide bonds. The minimum Gasteiger partial charge on any atom is -0.494 e. The molecular weight excluding hydrogens is 274 g/mol.